The third-order valence-corrected chi connectivity index (χ3v) is 6.15. The average molecular weight is 412 g/mol. The number of rotatable bonds is 4. The Morgan fingerprint density at radius 1 is 1.00 bits per heavy atom. The fraction of sp³-hybridized carbons (Fsp3) is 0.231. The summed E-state index contributed by atoms with van der Waals surface area (Å²) in [6.45, 7) is 3.14. The van der Waals surface area contributed by atoms with E-state index in [2.05, 4.69) is 11.4 Å². The first-order valence-corrected chi connectivity index (χ1v) is 10.7. The van der Waals surface area contributed by atoms with Gasteiger partial charge in [-0.3, -0.25) is 9.59 Å². The second kappa shape index (κ2) is 7.91. The first kappa shape index (κ1) is 19.4. The van der Waals surface area contributed by atoms with Crippen molar-refractivity contribution in [2.45, 2.75) is 25.3 Å². The number of nitrogens with zero attached hydrogens (tertiary/aromatic N) is 1. The quantitative estimate of drug-likeness (QED) is 0.683. The number of hydrogen-bond donors (Lipinski definition) is 1. The molecular formula is C26H24N2O3. The third kappa shape index (κ3) is 3.36. The Morgan fingerprint density at radius 3 is 2.48 bits per heavy atom. The second-order valence-corrected chi connectivity index (χ2v) is 7.90. The summed E-state index contributed by atoms with van der Waals surface area (Å²) in [7, 11) is 0. The molecular weight excluding hydrogens is 388 g/mol. The number of fused-ring (bicyclic) bond motifs is 4. The van der Waals surface area contributed by atoms with Gasteiger partial charge in [0.2, 0.25) is 5.91 Å². The van der Waals surface area contributed by atoms with E-state index in [0.29, 0.717) is 24.4 Å². The van der Waals surface area contributed by atoms with E-state index in [1.165, 1.54) is 5.56 Å². The Morgan fingerprint density at radius 2 is 1.71 bits per heavy atom. The maximum absolute atomic E-state index is 13.6. The van der Waals surface area contributed by atoms with E-state index in [-0.39, 0.29) is 17.9 Å². The van der Waals surface area contributed by atoms with Crippen molar-refractivity contribution in [2.24, 2.45) is 0 Å². The lowest BCUT2D eigenvalue weighted by molar-refractivity contribution is -0.119. The van der Waals surface area contributed by atoms with Crippen LogP contribution in [0.25, 0.3) is 0 Å². The molecule has 0 aromatic heterocycles. The maximum atomic E-state index is 13.6. The molecule has 2 atom stereocenters. The number of amides is 2. The number of hydrogen-bond acceptors (Lipinski definition) is 3. The normalized spacial score (nSPS) is 19.1. The van der Waals surface area contributed by atoms with Crippen LogP contribution < -0.4 is 10.1 Å². The third-order valence-electron chi connectivity index (χ3n) is 6.15. The molecule has 0 saturated carbocycles. The molecule has 3 aromatic carbocycles. The van der Waals surface area contributed by atoms with Gasteiger partial charge in [0.05, 0.1) is 18.6 Å². The Bertz CT molecular complexity index is 1140. The summed E-state index contributed by atoms with van der Waals surface area (Å²) >= 11 is 0. The molecule has 0 unspecified atom stereocenters. The van der Waals surface area contributed by atoms with Gasteiger partial charge >= 0.3 is 0 Å². The summed E-state index contributed by atoms with van der Waals surface area (Å²) in [4.78, 5) is 28.8. The van der Waals surface area contributed by atoms with Crippen LogP contribution in [-0.4, -0.2) is 29.9 Å². The molecule has 0 fully saturated rings. The van der Waals surface area contributed by atoms with Gasteiger partial charge in [0.25, 0.3) is 5.91 Å². The van der Waals surface area contributed by atoms with Crippen molar-refractivity contribution < 1.29 is 14.3 Å². The highest BCUT2D eigenvalue weighted by Crippen LogP contribution is 2.46. The van der Waals surface area contributed by atoms with Crippen molar-refractivity contribution in [2.75, 3.05) is 18.5 Å². The summed E-state index contributed by atoms with van der Waals surface area (Å²) < 4.78 is 5.49. The molecule has 2 heterocycles. The molecule has 0 radical (unpaired) electrons. The molecule has 1 N–H and O–H groups in total. The summed E-state index contributed by atoms with van der Waals surface area (Å²) in [5.74, 6) is 0.166. The predicted octanol–water partition coefficient (Wildman–Crippen LogP) is 4.56. The Balaban J connectivity index is 1.55. The van der Waals surface area contributed by atoms with Crippen LogP contribution in [0.15, 0.2) is 72.8 Å². The molecule has 2 aliphatic rings. The summed E-state index contributed by atoms with van der Waals surface area (Å²) in [6, 6.07) is 22.7. The lowest BCUT2D eigenvalue weighted by Crippen LogP contribution is -2.49. The molecule has 0 spiro atoms. The zero-order chi connectivity index (χ0) is 21.4. The van der Waals surface area contributed by atoms with E-state index in [0.717, 1.165) is 23.3 Å². The molecule has 31 heavy (non-hydrogen) atoms. The fourth-order valence-electron chi connectivity index (χ4n) is 4.78. The van der Waals surface area contributed by atoms with E-state index >= 15 is 0 Å². The van der Waals surface area contributed by atoms with E-state index in [1.807, 2.05) is 78.6 Å². The van der Waals surface area contributed by atoms with Crippen molar-refractivity contribution in [3.8, 4) is 5.75 Å². The lowest BCUT2D eigenvalue weighted by atomic mass is 9.76. The van der Waals surface area contributed by atoms with Crippen LogP contribution in [0.5, 0.6) is 5.75 Å². The Labute approximate surface area is 181 Å². The summed E-state index contributed by atoms with van der Waals surface area (Å²) in [5.41, 5.74) is 4.37. The molecule has 5 rings (SSSR count). The standard InChI is InChI=1S/C26H24N2O3/c1-2-31-19-13-11-18(12-14-19)27-25(29)23-21-9-5-6-10-22(21)26(30)28-16-15-17-7-3-4-8-20(17)24(23)28/h3-14,23-24H,2,15-16H2,1H3,(H,27,29)/t23-,24-/m0/s1. The lowest BCUT2D eigenvalue weighted by Gasteiger charge is -2.45. The van der Waals surface area contributed by atoms with Crippen LogP contribution in [0.4, 0.5) is 5.69 Å². The molecule has 5 nitrogen and oxygen atoms in total. The van der Waals surface area contributed by atoms with E-state index in [9.17, 15) is 9.59 Å². The van der Waals surface area contributed by atoms with Crippen LogP contribution >= 0.6 is 0 Å². The minimum absolute atomic E-state index is 0.000204. The van der Waals surface area contributed by atoms with Crippen molar-refractivity contribution >= 4 is 17.5 Å². The van der Waals surface area contributed by atoms with Crippen LogP contribution in [-0.2, 0) is 11.2 Å². The molecule has 0 bridgehead atoms. The van der Waals surface area contributed by atoms with Crippen LogP contribution in [0, 0.1) is 0 Å². The molecule has 0 aliphatic carbocycles. The first-order chi connectivity index (χ1) is 15.2. The highest BCUT2D eigenvalue weighted by Gasteiger charge is 2.46. The molecule has 2 amide bonds. The van der Waals surface area contributed by atoms with Crippen LogP contribution in [0.1, 0.15) is 45.9 Å². The maximum Gasteiger partial charge on any atom is 0.254 e. The van der Waals surface area contributed by atoms with Gasteiger partial charge in [-0.05, 0) is 60.4 Å². The topological polar surface area (TPSA) is 58.6 Å². The molecule has 3 aromatic rings. The van der Waals surface area contributed by atoms with Gasteiger partial charge in [-0.1, -0.05) is 42.5 Å². The van der Waals surface area contributed by atoms with E-state index in [4.69, 9.17) is 4.74 Å². The van der Waals surface area contributed by atoms with Crippen LogP contribution in [0.3, 0.4) is 0 Å². The number of carbonyl (C=O) groups is 2. The van der Waals surface area contributed by atoms with Crippen molar-refractivity contribution in [3.05, 3.63) is 95.1 Å². The Kier molecular flexibility index (Phi) is 4.94. The van der Waals surface area contributed by atoms with Crippen LogP contribution in [0.2, 0.25) is 0 Å². The predicted molar refractivity (Wildman–Crippen MR) is 119 cm³/mol. The van der Waals surface area contributed by atoms with Gasteiger partial charge < -0.3 is 15.0 Å². The minimum atomic E-state index is -0.484. The number of benzene rings is 3. The zero-order valence-corrected chi connectivity index (χ0v) is 17.4. The van der Waals surface area contributed by atoms with Crippen molar-refractivity contribution in [3.63, 3.8) is 0 Å². The molecule has 2 aliphatic heterocycles. The number of ether oxygens (including phenoxy) is 1. The largest absolute Gasteiger partial charge is 0.494 e. The van der Waals surface area contributed by atoms with Crippen molar-refractivity contribution in [1.82, 2.24) is 4.90 Å². The molecule has 0 saturated heterocycles. The highest BCUT2D eigenvalue weighted by molar-refractivity contribution is 6.04. The van der Waals surface area contributed by atoms with Gasteiger partial charge in [0, 0.05) is 17.8 Å². The Hall–Kier alpha value is -3.60. The monoisotopic (exact) mass is 412 g/mol. The van der Waals surface area contributed by atoms with E-state index in [1.54, 1.807) is 0 Å². The SMILES string of the molecule is CCOc1ccc(NC(=O)[C@H]2c3ccccc3C(=O)N3CCc4ccccc4[C@@H]23)cc1. The van der Waals surface area contributed by atoms with E-state index < -0.39 is 5.92 Å². The van der Waals surface area contributed by atoms with Gasteiger partial charge in [0.1, 0.15) is 5.75 Å². The smallest absolute Gasteiger partial charge is 0.254 e. The number of carbonyl (C=O) groups excluding carboxylic acids is 2. The number of nitrogens with one attached hydrogen (secondary N) is 1. The van der Waals surface area contributed by atoms with Gasteiger partial charge in [-0.25, -0.2) is 0 Å². The molecule has 156 valence electrons. The highest BCUT2D eigenvalue weighted by atomic mass is 16.5. The van der Waals surface area contributed by atoms with Gasteiger partial charge in [-0.15, -0.1) is 0 Å². The number of anilines is 1. The first-order valence-electron chi connectivity index (χ1n) is 10.7. The fourth-order valence-corrected chi connectivity index (χ4v) is 4.78. The minimum Gasteiger partial charge on any atom is -0.494 e. The van der Waals surface area contributed by atoms with Crippen molar-refractivity contribution in [1.29, 1.82) is 0 Å². The second-order valence-electron chi connectivity index (χ2n) is 7.90. The zero-order valence-electron chi connectivity index (χ0n) is 17.4. The van der Waals surface area contributed by atoms with Gasteiger partial charge in [-0.2, -0.15) is 0 Å². The van der Waals surface area contributed by atoms with Gasteiger partial charge in [0.15, 0.2) is 0 Å². The summed E-state index contributed by atoms with van der Waals surface area (Å²) in [6.07, 6.45) is 0.799. The summed E-state index contributed by atoms with van der Waals surface area (Å²) in [5, 5.41) is 3.07. The molecule has 5 heteroatoms. The average Bonchev–Trinajstić information content (AvgIpc) is 2.80.